The maximum absolute atomic E-state index is 12.5. The minimum Gasteiger partial charge on any atom is -0.280 e. The van der Waals surface area contributed by atoms with Gasteiger partial charge in [-0.25, -0.2) is 13.1 Å². The zero-order valence-corrected chi connectivity index (χ0v) is 12.8. The highest BCUT2D eigenvalue weighted by molar-refractivity contribution is 7.92. The molecule has 3 rings (SSSR count). The summed E-state index contributed by atoms with van der Waals surface area (Å²) >= 11 is 0. The highest BCUT2D eigenvalue weighted by atomic mass is 32.2. The van der Waals surface area contributed by atoms with Crippen molar-refractivity contribution in [1.29, 1.82) is 0 Å². The number of hydrogen-bond acceptors (Lipinski definition) is 3. The van der Waals surface area contributed by atoms with Crippen molar-refractivity contribution in [3.05, 3.63) is 72.6 Å². The van der Waals surface area contributed by atoms with E-state index in [0.717, 1.165) is 5.69 Å². The van der Waals surface area contributed by atoms with Gasteiger partial charge in [0.1, 0.15) is 4.90 Å². The lowest BCUT2D eigenvalue weighted by Crippen LogP contribution is -2.13. The van der Waals surface area contributed by atoms with Gasteiger partial charge in [0.05, 0.1) is 17.6 Å². The first-order chi connectivity index (χ1) is 10.6. The van der Waals surface area contributed by atoms with Crippen LogP contribution in [0.2, 0.25) is 0 Å². The Bertz CT molecular complexity index is 872. The maximum Gasteiger partial charge on any atom is 0.265 e. The van der Waals surface area contributed by atoms with Crippen LogP contribution in [0.3, 0.4) is 0 Å². The number of benzene rings is 2. The molecule has 2 aromatic carbocycles. The minimum absolute atomic E-state index is 0.167. The quantitative estimate of drug-likeness (QED) is 0.805. The SMILES string of the molecule is Cc1nn(-c2ccccc2)cc1S(=O)(=O)Nc1ccccc1. The number of nitrogens with one attached hydrogen (secondary N) is 1. The van der Waals surface area contributed by atoms with Gasteiger partial charge in [-0.05, 0) is 31.2 Å². The van der Waals surface area contributed by atoms with E-state index < -0.39 is 10.0 Å². The highest BCUT2D eigenvalue weighted by Gasteiger charge is 2.20. The first-order valence-corrected chi connectivity index (χ1v) is 8.24. The molecular weight excluding hydrogens is 298 g/mol. The van der Waals surface area contributed by atoms with Crippen molar-refractivity contribution in [2.24, 2.45) is 0 Å². The summed E-state index contributed by atoms with van der Waals surface area (Å²) in [6, 6.07) is 18.2. The second-order valence-corrected chi connectivity index (χ2v) is 6.48. The van der Waals surface area contributed by atoms with Crippen molar-refractivity contribution >= 4 is 15.7 Å². The van der Waals surface area contributed by atoms with Crippen molar-refractivity contribution in [1.82, 2.24) is 9.78 Å². The van der Waals surface area contributed by atoms with Crippen LogP contribution in [0.5, 0.6) is 0 Å². The molecule has 1 aromatic heterocycles. The first-order valence-electron chi connectivity index (χ1n) is 6.76. The zero-order chi connectivity index (χ0) is 15.6. The average molecular weight is 313 g/mol. The van der Waals surface area contributed by atoms with Gasteiger partial charge in [-0.2, -0.15) is 5.10 Å². The monoisotopic (exact) mass is 313 g/mol. The Labute approximate surface area is 129 Å². The fraction of sp³-hybridized carbons (Fsp3) is 0.0625. The lowest BCUT2D eigenvalue weighted by atomic mass is 10.3. The van der Waals surface area contributed by atoms with E-state index in [4.69, 9.17) is 0 Å². The summed E-state index contributed by atoms with van der Waals surface area (Å²) in [6.45, 7) is 1.68. The third-order valence-corrected chi connectivity index (χ3v) is 4.67. The predicted octanol–water partition coefficient (Wildman–Crippen LogP) is 2.98. The summed E-state index contributed by atoms with van der Waals surface area (Å²) in [7, 11) is -3.66. The van der Waals surface area contributed by atoms with E-state index in [0.29, 0.717) is 11.4 Å². The summed E-state index contributed by atoms with van der Waals surface area (Å²) < 4.78 is 29.1. The molecule has 6 heteroatoms. The number of aryl methyl sites for hydroxylation is 1. The Kier molecular flexibility index (Phi) is 3.68. The van der Waals surface area contributed by atoms with Gasteiger partial charge in [-0.15, -0.1) is 0 Å². The van der Waals surface area contributed by atoms with Gasteiger partial charge in [-0.1, -0.05) is 36.4 Å². The standard InChI is InChI=1S/C16H15N3O2S/c1-13-16(12-19(17-13)15-10-6-3-7-11-15)22(20,21)18-14-8-4-2-5-9-14/h2-12,18H,1H3. The van der Waals surface area contributed by atoms with Crippen LogP contribution < -0.4 is 4.72 Å². The van der Waals surface area contributed by atoms with Crippen molar-refractivity contribution in [2.45, 2.75) is 11.8 Å². The summed E-state index contributed by atoms with van der Waals surface area (Å²) in [4.78, 5) is 0.167. The van der Waals surface area contributed by atoms with Gasteiger partial charge in [0, 0.05) is 5.69 Å². The molecule has 1 heterocycles. The van der Waals surface area contributed by atoms with Gasteiger partial charge in [0.15, 0.2) is 0 Å². The average Bonchev–Trinajstić information content (AvgIpc) is 2.92. The number of para-hydroxylation sites is 2. The Morgan fingerprint density at radius 3 is 2.18 bits per heavy atom. The molecule has 0 saturated heterocycles. The van der Waals surface area contributed by atoms with Crippen molar-refractivity contribution in [3.63, 3.8) is 0 Å². The lowest BCUT2D eigenvalue weighted by Gasteiger charge is -2.06. The van der Waals surface area contributed by atoms with E-state index in [2.05, 4.69) is 9.82 Å². The lowest BCUT2D eigenvalue weighted by molar-refractivity contribution is 0.600. The van der Waals surface area contributed by atoms with Gasteiger partial charge < -0.3 is 0 Å². The van der Waals surface area contributed by atoms with Crippen LogP contribution in [0.1, 0.15) is 5.69 Å². The minimum atomic E-state index is -3.66. The van der Waals surface area contributed by atoms with Gasteiger partial charge in [-0.3, -0.25) is 4.72 Å². The molecule has 0 bridgehead atoms. The molecule has 0 unspecified atom stereocenters. The number of aromatic nitrogens is 2. The first kappa shape index (κ1) is 14.3. The molecule has 5 nitrogen and oxygen atoms in total. The number of anilines is 1. The molecule has 22 heavy (non-hydrogen) atoms. The maximum atomic E-state index is 12.5. The number of nitrogens with zero attached hydrogens (tertiary/aromatic N) is 2. The molecule has 0 saturated carbocycles. The van der Waals surface area contributed by atoms with E-state index in [9.17, 15) is 8.42 Å². The van der Waals surface area contributed by atoms with Crippen LogP contribution in [0.4, 0.5) is 5.69 Å². The van der Waals surface area contributed by atoms with Crippen molar-refractivity contribution in [3.8, 4) is 5.69 Å². The predicted molar refractivity (Wildman–Crippen MR) is 85.6 cm³/mol. The molecule has 0 aliphatic rings. The fourth-order valence-corrected chi connectivity index (χ4v) is 3.36. The zero-order valence-electron chi connectivity index (χ0n) is 12.0. The molecule has 0 spiro atoms. The Morgan fingerprint density at radius 2 is 1.55 bits per heavy atom. The smallest absolute Gasteiger partial charge is 0.265 e. The summed E-state index contributed by atoms with van der Waals surface area (Å²) in [5, 5.41) is 4.29. The van der Waals surface area contributed by atoms with Gasteiger partial charge in [0.2, 0.25) is 0 Å². The highest BCUT2D eigenvalue weighted by Crippen LogP contribution is 2.20. The van der Waals surface area contributed by atoms with Crippen LogP contribution in [0, 0.1) is 6.92 Å². The topological polar surface area (TPSA) is 64.0 Å². The van der Waals surface area contributed by atoms with E-state index >= 15 is 0 Å². The van der Waals surface area contributed by atoms with Crippen LogP contribution in [0.15, 0.2) is 71.8 Å². The molecule has 1 N–H and O–H groups in total. The summed E-state index contributed by atoms with van der Waals surface area (Å²) in [5.41, 5.74) is 1.79. The van der Waals surface area contributed by atoms with E-state index in [1.54, 1.807) is 35.9 Å². The van der Waals surface area contributed by atoms with E-state index in [1.165, 1.54) is 6.20 Å². The Hall–Kier alpha value is -2.60. The number of rotatable bonds is 4. The molecular formula is C16H15N3O2S. The van der Waals surface area contributed by atoms with Crippen LogP contribution >= 0.6 is 0 Å². The Balaban J connectivity index is 1.96. The van der Waals surface area contributed by atoms with Gasteiger partial charge in [0.25, 0.3) is 10.0 Å². The molecule has 0 aliphatic heterocycles. The van der Waals surface area contributed by atoms with E-state index in [1.807, 2.05) is 36.4 Å². The van der Waals surface area contributed by atoms with Crippen molar-refractivity contribution in [2.75, 3.05) is 4.72 Å². The number of hydrogen-bond donors (Lipinski definition) is 1. The second kappa shape index (κ2) is 5.65. The largest absolute Gasteiger partial charge is 0.280 e. The fourth-order valence-electron chi connectivity index (χ4n) is 2.14. The van der Waals surface area contributed by atoms with Crippen molar-refractivity contribution < 1.29 is 8.42 Å². The normalized spacial score (nSPS) is 11.3. The summed E-state index contributed by atoms with van der Waals surface area (Å²) in [5.74, 6) is 0. The molecule has 0 amide bonds. The third-order valence-electron chi connectivity index (χ3n) is 3.19. The van der Waals surface area contributed by atoms with Crippen LogP contribution in [-0.4, -0.2) is 18.2 Å². The molecule has 0 radical (unpaired) electrons. The molecule has 3 aromatic rings. The van der Waals surface area contributed by atoms with E-state index in [-0.39, 0.29) is 4.90 Å². The van der Waals surface area contributed by atoms with Crippen LogP contribution in [-0.2, 0) is 10.0 Å². The molecule has 112 valence electrons. The molecule has 0 atom stereocenters. The Morgan fingerprint density at radius 1 is 0.955 bits per heavy atom. The van der Waals surface area contributed by atoms with Crippen LogP contribution in [0.25, 0.3) is 5.69 Å². The summed E-state index contributed by atoms with van der Waals surface area (Å²) in [6.07, 6.45) is 1.52. The second-order valence-electron chi connectivity index (χ2n) is 4.83. The molecule has 0 aliphatic carbocycles. The van der Waals surface area contributed by atoms with Gasteiger partial charge >= 0.3 is 0 Å². The number of sulfonamides is 1. The molecule has 0 fully saturated rings. The third kappa shape index (κ3) is 2.87.